The van der Waals surface area contributed by atoms with Crippen LogP contribution in [0, 0.1) is 0 Å². The van der Waals surface area contributed by atoms with Gasteiger partial charge in [0.05, 0.1) is 6.54 Å². The van der Waals surface area contributed by atoms with Crippen LogP contribution in [0.3, 0.4) is 0 Å². The Bertz CT molecular complexity index is 919. The molecular formula is C20H28N6O3. The first kappa shape index (κ1) is 19.4. The van der Waals surface area contributed by atoms with Gasteiger partial charge in [-0.2, -0.15) is 5.10 Å². The highest BCUT2D eigenvalue weighted by Gasteiger charge is 2.20. The lowest BCUT2D eigenvalue weighted by Gasteiger charge is -2.27. The molecule has 2 aliphatic heterocycles. The number of hydrogen-bond donors (Lipinski definition) is 2. The lowest BCUT2D eigenvalue weighted by atomic mass is 10.2. The number of rotatable bonds is 6. The van der Waals surface area contributed by atoms with E-state index in [0.717, 1.165) is 49.6 Å². The zero-order chi connectivity index (χ0) is 20.1. The molecule has 0 saturated carbocycles. The van der Waals surface area contributed by atoms with Crippen LogP contribution in [0.4, 0.5) is 0 Å². The maximum absolute atomic E-state index is 12.3. The van der Waals surface area contributed by atoms with Crippen molar-refractivity contribution in [1.29, 1.82) is 0 Å². The summed E-state index contributed by atoms with van der Waals surface area (Å²) >= 11 is 0. The van der Waals surface area contributed by atoms with Crippen molar-refractivity contribution in [3.05, 3.63) is 40.6 Å². The van der Waals surface area contributed by atoms with E-state index in [9.17, 15) is 4.79 Å². The molecular weight excluding hydrogens is 372 g/mol. The van der Waals surface area contributed by atoms with E-state index in [4.69, 9.17) is 9.47 Å². The maximum atomic E-state index is 12.3. The molecule has 9 nitrogen and oxygen atoms in total. The Balaban J connectivity index is 1.20. The van der Waals surface area contributed by atoms with Gasteiger partial charge in [-0.1, -0.05) is 12.1 Å². The van der Waals surface area contributed by atoms with Crippen molar-refractivity contribution in [1.82, 2.24) is 25.0 Å². The Kier molecular flexibility index (Phi) is 6.02. The van der Waals surface area contributed by atoms with Crippen LogP contribution in [0.15, 0.2) is 34.1 Å². The van der Waals surface area contributed by atoms with Crippen molar-refractivity contribution in [2.45, 2.75) is 44.9 Å². The summed E-state index contributed by atoms with van der Waals surface area (Å²) in [5.74, 6) is 3.16. The maximum Gasteiger partial charge on any atom is 0.345 e. The Labute approximate surface area is 169 Å². The molecule has 2 aromatic rings. The lowest BCUT2D eigenvalue weighted by Crippen LogP contribution is -2.45. The van der Waals surface area contributed by atoms with E-state index in [1.807, 2.05) is 28.8 Å². The third kappa shape index (κ3) is 4.55. The zero-order valence-corrected chi connectivity index (χ0v) is 16.8. The lowest BCUT2D eigenvalue weighted by molar-refractivity contribution is 0.0936. The molecule has 0 bridgehead atoms. The first-order chi connectivity index (χ1) is 14.2. The Morgan fingerprint density at radius 1 is 1.28 bits per heavy atom. The average molecular weight is 400 g/mol. The highest BCUT2D eigenvalue weighted by atomic mass is 16.6. The van der Waals surface area contributed by atoms with Crippen LogP contribution < -0.4 is 25.8 Å². The predicted octanol–water partition coefficient (Wildman–Crippen LogP) is 0.776. The first-order valence-electron chi connectivity index (χ1n) is 10.2. The van der Waals surface area contributed by atoms with Gasteiger partial charge in [0.1, 0.15) is 18.5 Å². The minimum atomic E-state index is -0.0844. The normalized spacial score (nSPS) is 18.2. The van der Waals surface area contributed by atoms with Gasteiger partial charge in [0.15, 0.2) is 17.5 Å². The fourth-order valence-corrected chi connectivity index (χ4v) is 3.62. The van der Waals surface area contributed by atoms with Crippen molar-refractivity contribution < 1.29 is 9.47 Å². The van der Waals surface area contributed by atoms with Crippen molar-refractivity contribution >= 4 is 5.96 Å². The summed E-state index contributed by atoms with van der Waals surface area (Å²) in [5.41, 5.74) is 0.0111. The minimum absolute atomic E-state index is 0.0111. The molecule has 3 heterocycles. The summed E-state index contributed by atoms with van der Waals surface area (Å²) in [4.78, 5) is 16.6. The highest BCUT2D eigenvalue weighted by molar-refractivity contribution is 5.79. The van der Waals surface area contributed by atoms with Gasteiger partial charge < -0.3 is 20.1 Å². The molecule has 2 aliphatic rings. The highest BCUT2D eigenvalue weighted by Crippen LogP contribution is 2.30. The van der Waals surface area contributed by atoms with Gasteiger partial charge in [0.25, 0.3) is 0 Å². The number of guanidine groups is 1. The van der Waals surface area contributed by atoms with E-state index in [0.29, 0.717) is 32.2 Å². The molecule has 2 N–H and O–H groups in total. The summed E-state index contributed by atoms with van der Waals surface area (Å²) in [7, 11) is 1.73. The van der Waals surface area contributed by atoms with Crippen molar-refractivity contribution in [2.75, 3.05) is 26.7 Å². The molecule has 9 heteroatoms. The number of para-hydroxylation sites is 2. The number of aliphatic imine (C=N–C) groups is 1. The van der Waals surface area contributed by atoms with Gasteiger partial charge in [0, 0.05) is 33.1 Å². The van der Waals surface area contributed by atoms with E-state index in [-0.39, 0.29) is 11.8 Å². The van der Waals surface area contributed by atoms with E-state index in [1.165, 1.54) is 0 Å². The number of fused-ring (bicyclic) bond motifs is 2. The molecule has 0 fully saturated rings. The third-order valence-corrected chi connectivity index (χ3v) is 5.16. The minimum Gasteiger partial charge on any atom is -0.486 e. The second-order valence-corrected chi connectivity index (χ2v) is 7.26. The molecule has 0 amide bonds. The number of ether oxygens (including phenoxy) is 2. The van der Waals surface area contributed by atoms with E-state index >= 15 is 0 Å². The van der Waals surface area contributed by atoms with Crippen LogP contribution in [0.1, 0.15) is 25.1 Å². The average Bonchev–Trinajstić information content (AvgIpc) is 3.09. The quantitative estimate of drug-likeness (QED) is 0.423. The molecule has 1 aromatic carbocycles. The smallest absolute Gasteiger partial charge is 0.345 e. The van der Waals surface area contributed by atoms with E-state index in [1.54, 1.807) is 11.7 Å². The van der Waals surface area contributed by atoms with Gasteiger partial charge in [-0.3, -0.25) is 9.56 Å². The molecule has 0 radical (unpaired) electrons. The fraction of sp³-hybridized carbons (Fsp3) is 0.550. The number of hydrogen-bond acceptors (Lipinski definition) is 5. The molecule has 1 aromatic heterocycles. The van der Waals surface area contributed by atoms with Gasteiger partial charge in [-0.25, -0.2) is 9.48 Å². The number of nitrogens with zero attached hydrogens (tertiary/aromatic N) is 4. The monoisotopic (exact) mass is 400 g/mol. The van der Waals surface area contributed by atoms with Crippen molar-refractivity contribution in [3.8, 4) is 11.5 Å². The molecule has 1 unspecified atom stereocenters. The number of nitrogens with one attached hydrogen (secondary N) is 2. The number of aryl methyl sites for hydroxylation is 2. The molecule has 0 saturated heterocycles. The Hall–Kier alpha value is -2.97. The van der Waals surface area contributed by atoms with Gasteiger partial charge in [-0.15, -0.1) is 0 Å². The summed E-state index contributed by atoms with van der Waals surface area (Å²) in [6.07, 6.45) is 3.77. The third-order valence-electron chi connectivity index (χ3n) is 5.16. The van der Waals surface area contributed by atoms with Crippen molar-refractivity contribution in [3.63, 3.8) is 0 Å². The second kappa shape index (κ2) is 9.02. The summed E-state index contributed by atoms with van der Waals surface area (Å²) in [5, 5.41) is 11.0. The molecule has 0 spiro atoms. The topological polar surface area (TPSA) is 94.7 Å². The van der Waals surface area contributed by atoms with Gasteiger partial charge >= 0.3 is 5.69 Å². The fourth-order valence-electron chi connectivity index (χ4n) is 3.62. The zero-order valence-electron chi connectivity index (χ0n) is 16.8. The van der Waals surface area contributed by atoms with E-state index < -0.39 is 0 Å². The van der Waals surface area contributed by atoms with E-state index in [2.05, 4.69) is 20.7 Å². The van der Waals surface area contributed by atoms with Crippen LogP contribution in [-0.2, 0) is 19.5 Å². The number of aromatic nitrogens is 3. The standard InChI is InChI=1S/C20H28N6O3/c1-21-19(23-13-15-14-28-16-7-2-3-8-17(16)29-15)22-10-6-12-26-20(27)25-11-5-4-9-18(25)24-26/h2-3,7-8,15H,4-6,9-14H2,1H3,(H2,21,22,23). The Morgan fingerprint density at radius 3 is 2.97 bits per heavy atom. The summed E-state index contributed by atoms with van der Waals surface area (Å²) in [6.45, 7) is 3.16. The van der Waals surface area contributed by atoms with Crippen LogP contribution >= 0.6 is 0 Å². The van der Waals surface area contributed by atoms with Gasteiger partial charge in [-0.05, 0) is 31.4 Å². The molecule has 0 aliphatic carbocycles. The Morgan fingerprint density at radius 2 is 2.14 bits per heavy atom. The van der Waals surface area contributed by atoms with Gasteiger partial charge in [0.2, 0.25) is 0 Å². The molecule has 1 atom stereocenters. The van der Waals surface area contributed by atoms with Crippen molar-refractivity contribution in [2.24, 2.45) is 4.99 Å². The first-order valence-corrected chi connectivity index (χ1v) is 10.2. The van der Waals surface area contributed by atoms with Crippen LogP contribution in [0.2, 0.25) is 0 Å². The molecule has 156 valence electrons. The summed E-state index contributed by atoms with van der Waals surface area (Å²) < 4.78 is 15.1. The predicted molar refractivity (Wildman–Crippen MR) is 110 cm³/mol. The number of benzene rings is 1. The van der Waals surface area contributed by atoms with Crippen LogP contribution in [0.5, 0.6) is 11.5 Å². The molecule has 4 rings (SSSR count). The summed E-state index contributed by atoms with van der Waals surface area (Å²) in [6, 6.07) is 7.67. The molecule has 29 heavy (non-hydrogen) atoms. The second-order valence-electron chi connectivity index (χ2n) is 7.26. The largest absolute Gasteiger partial charge is 0.486 e. The van der Waals surface area contributed by atoms with Crippen LogP contribution in [-0.4, -0.2) is 53.2 Å². The SMILES string of the molecule is CN=C(NCCCn1nc2n(c1=O)CCCC2)NCC1COc2ccccc2O1. The van der Waals surface area contributed by atoms with Crippen LogP contribution in [0.25, 0.3) is 0 Å².